The molecule has 29 heavy (non-hydrogen) atoms. The van der Waals surface area contributed by atoms with Gasteiger partial charge >= 0.3 is 0 Å². The van der Waals surface area contributed by atoms with Gasteiger partial charge in [0.05, 0.1) is 0 Å². The Hall–Kier alpha value is -0.260. The van der Waals surface area contributed by atoms with Crippen LogP contribution in [0.2, 0.25) is 0 Å². The number of thioether (sulfide) groups is 1. The van der Waals surface area contributed by atoms with Crippen LogP contribution >= 0.6 is 11.8 Å². The number of rotatable bonds is 6. The molecule has 2 saturated heterocycles. The molecule has 4 fully saturated rings. The third-order valence-corrected chi connectivity index (χ3v) is 9.47. The van der Waals surface area contributed by atoms with E-state index in [0.717, 1.165) is 62.6 Å². The van der Waals surface area contributed by atoms with Crippen LogP contribution < -0.4 is 5.32 Å². The van der Waals surface area contributed by atoms with E-state index in [1.54, 1.807) is 0 Å². The van der Waals surface area contributed by atoms with Crippen molar-refractivity contribution in [3.05, 3.63) is 0 Å². The molecule has 0 aromatic heterocycles. The normalized spacial score (nSPS) is 30.9. The second-order valence-electron chi connectivity index (χ2n) is 10.3. The van der Waals surface area contributed by atoms with Crippen molar-refractivity contribution in [2.24, 2.45) is 17.8 Å². The molecule has 2 aliphatic carbocycles. The van der Waals surface area contributed by atoms with Crippen molar-refractivity contribution in [2.45, 2.75) is 95.1 Å². The predicted octanol–water partition coefficient (Wildman–Crippen LogP) is 4.21. The van der Waals surface area contributed by atoms with Gasteiger partial charge in [0.1, 0.15) is 5.60 Å². The molecule has 2 heterocycles. The van der Waals surface area contributed by atoms with Gasteiger partial charge in [-0.25, -0.2) is 0 Å². The third-order valence-electron chi connectivity index (χ3n) is 8.31. The zero-order valence-electron chi connectivity index (χ0n) is 18.2. The second kappa shape index (κ2) is 10.4. The molecule has 5 heteroatoms. The lowest BCUT2D eigenvalue weighted by Gasteiger charge is -2.40. The van der Waals surface area contributed by atoms with Crippen molar-refractivity contribution in [2.75, 3.05) is 31.1 Å². The van der Waals surface area contributed by atoms with Gasteiger partial charge in [0.15, 0.2) is 0 Å². The lowest BCUT2D eigenvalue weighted by molar-refractivity contribution is -0.154. The zero-order valence-corrected chi connectivity index (χ0v) is 19.1. The molecule has 4 rings (SSSR count). The second-order valence-corrected chi connectivity index (χ2v) is 11.4. The first-order chi connectivity index (χ1) is 14.2. The molecule has 2 aliphatic heterocycles. The summed E-state index contributed by atoms with van der Waals surface area (Å²) < 4.78 is 0. The maximum absolute atomic E-state index is 13.4. The monoisotopic (exact) mass is 422 g/mol. The van der Waals surface area contributed by atoms with Crippen molar-refractivity contribution in [3.63, 3.8) is 0 Å². The van der Waals surface area contributed by atoms with E-state index in [-0.39, 0.29) is 23.8 Å². The Balaban J connectivity index is 1.28. The quantitative estimate of drug-likeness (QED) is 0.630. The van der Waals surface area contributed by atoms with E-state index in [4.69, 9.17) is 0 Å². The van der Waals surface area contributed by atoms with Crippen LogP contribution in [0.1, 0.15) is 83.5 Å². The van der Waals surface area contributed by atoms with Crippen LogP contribution in [0.15, 0.2) is 0 Å². The molecule has 0 aromatic carbocycles. The molecule has 4 aliphatic rings. The van der Waals surface area contributed by atoms with Crippen LogP contribution in [0, 0.1) is 17.8 Å². The largest absolute Gasteiger partial charge is 0.379 e. The average molecular weight is 423 g/mol. The standard InChI is InChI=1S/C24H42N2O2S/c27-23(24(28,20-9-5-6-10-20)21-13-16-29-18-21)25-22-11-14-26(15-12-22)17-19-7-3-1-2-4-8-19/h19-22,28H,1-18H2,(H,25,27). The summed E-state index contributed by atoms with van der Waals surface area (Å²) in [5.74, 6) is 3.19. The number of carbonyl (C=O) groups is 1. The summed E-state index contributed by atoms with van der Waals surface area (Å²) >= 11 is 1.90. The number of aliphatic hydroxyl groups is 1. The summed E-state index contributed by atoms with van der Waals surface area (Å²) in [5.41, 5.74) is -1.13. The Labute approximate surface area is 181 Å². The van der Waals surface area contributed by atoms with Gasteiger partial charge in [-0.05, 0) is 68.3 Å². The van der Waals surface area contributed by atoms with Gasteiger partial charge in [-0.3, -0.25) is 4.79 Å². The average Bonchev–Trinajstić information content (AvgIpc) is 3.41. The van der Waals surface area contributed by atoms with E-state index in [1.165, 1.54) is 57.9 Å². The van der Waals surface area contributed by atoms with Crippen molar-refractivity contribution in [1.29, 1.82) is 0 Å². The highest BCUT2D eigenvalue weighted by atomic mass is 32.2. The number of nitrogens with one attached hydrogen (secondary N) is 1. The fraction of sp³-hybridized carbons (Fsp3) is 0.958. The van der Waals surface area contributed by atoms with E-state index in [2.05, 4.69) is 10.2 Å². The molecule has 4 nitrogen and oxygen atoms in total. The van der Waals surface area contributed by atoms with Gasteiger partial charge in [0, 0.05) is 31.6 Å². The van der Waals surface area contributed by atoms with E-state index >= 15 is 0 Å². The fourth-order valence-corrected chi connectivity index (χ4v) is 7.75. The molecular weight excluding hydrogens is 380 g/mol. The first kappa shape index (κ1) is 22.0. The lowest BCUT2D eigenvalue weighted by Crippen LogP contribution is -2.59. The number of hydrogen-bond donors (Lipinski definition) is 2. The summed E-state index contributed by atoms with van der Waals surface area (Å²) in [6.45, 7) is 3.46. The van der Waals surface area contributed by atoms with E-state index in [1.807, 2.05) is 11.8 Å². The minimum Gasteiger partial charge on any atom is -0.379 e. The first-order valence-corrected chi connectivity index (χ1v) is 13.6. The highest BCUT2D eigenvalue weighted by molar-refractivity contribution is 7.99. The Morgan fingerprint density at radius 2 is 1.55 bits per heavy atom. The number of amides is 1. The van der Waals surface area contributed by atoms with Crippen molar-refractivity contribution in [1.82, 2.24) is 10.2 Å². The minimum absolute atomic E-state index is 0.0425. The van der Waals surface area contributed by atoms with E-state index in [0.29, 0.717) is 0 Å². The number of nitrogens with zero attached hydrogens (tertiary/aromatic N) is 1. The number of piperidine rings is 1. The molecule has 0 bridgehead atoms. The molecule has 0 spiro atoms. The van der Waals surface area contributed by atoms with Crippen molar-refractivity contribution >= 4 is 17.7 Å². The topological polar surface area (TPSA) is 52.6 Å². The van der Waals surface area contributed by atoms with Gasteiger partial charge in [-0.15, -0.1) is 0 Å². The summed E-state index contributed by atoms with van der Waals surface area (Å²) in [4.78, 5) is 16.0. The third kappa shape index (κ3) is 5.33. The Morgan fingerprint density at radius 3 is 2.17 bits per heavy atom. The highest BCUT2D eigenvalue weighted by Crippen LogP contribution is 2.44. The Morgan fingerprint density at radius 1 is 0.897 bits per heavy atom. The van der Waals surface area contributed by atoms with Crippen LogP contribution in [0.3, 0.4) is 0 Å². The van der Waals surface area contributed by atoms with Crippen molar-refractivity contribution < 1.29 is 9.90 Å². The molecule has 0 aromatic rings. The highest BCUT2D eigenvalue weighted by Gasteiger charge is 2.51. The molecule has 2 atom stereocenters. The lowest BCUT2D eigenvalue weighted by atomic mass is 9.74. The van der Waals surface area contributed by atoms with Gasteiger partial charge in [-0.1, -0.05) is 38.5 Å². The predicted molar refractivity (Wildman–Crippen MR) is 121 cm³/mol. The minimum atomic E-state index is -1.13. The van der Waals surface area contributed by atoms with Crippen LogP contribution in [-0.2, 0) is 4.79 Å². The maximum Gasteiger partial charge on any atom is 0.252 e. The Kier molecular flexibility index (Phi) is 7.85. The van der Waals surface area contributed by atoms with Gasteiger partial charge in [0.25, 0.3) is 5.91 Å². The first-order valence-electron chi connectivity index (χ1n) is 12.5. The molecule has 0 radical (unpaired) electrons. The molecular formula is C24H42N2O2S. The summed E-state index contributed by atoms with van der Waals surface area (Å²) in [7, 11) is 0. The van der Waals surface area contributed by atoms with Gasteiger partial charge < -0.3 is 15.3 Å². The SMILES string of the molecule is O=C(NC1CCN(CC2CCCCCC2)CC1)C(O)(C1CCCC1)C1CCSC1. The number of hydrogen-bond acceptors (Lipinski definition) is 4. The van der Waals surface area contributed by atoms with Crippen LogP contribution in [0.4, 0.5) is 0 Å². The summed E-state index contributed by atoms with van der Waals surface area (Å²) in [6, 6.07) is 0.245. The molecule has 2 saturated carbocycles. The smallest absolute Gasteiger partial charge is 0.252 e. The molecule has 2 unspecified atom stereocenters. The van der Waals surface area contributed by atoms with E-state index in [9.17, 15) is 9.90 Å². The zero-order chi connectivity index (χ0) is 20.1. The van der Waals surface area contributed by atoms with Gasteiger partial charge in [-0.2, -0.15) is 11.8 Å². The van der Waals surface area contributed by atoms with Crippen molar-refractivity contribution in [3.8, 4) is 0 Å². The van der Waals surface area contributed by atoms with Crippen LogP contribution in [0.5, 0.6) is 0 Å². The molecule has 166 valence electrons. The molecule has 2 N–H and O–H groups in total. The number of carbonyl (C=O) groups excluding carboxylic acids is 1. The van der Waals surface area contributed by atoms with Gasteiger partial charge in [0.2, 0.25) is 0 Å². The number of likely N-dealkylation sites (tertiary alicyclic amines) is 1. The molecule has 1 amide bonds. The van der Waals surface area contributed by atoms with Crippen LogP contribution in [-0.4, -0.2) is 58.7 Å². The van der Waals surface area contributed by atoms with E-state index < -0.39 is 5.60 Å². The maximum atomic E-state index is 13.4. The fourth-order valence-electron chi connectivity index (χ4n) is 6.42. The van der Waals surface area contributed by atoms with Crippen LogP contribution in [0.25, 0.3) is 0 Å². The summed E-state index contributed by atoms with van der Waals surface area (Å²) in [6.07, 6.45) is 15.9. The summed E-state index contributed by atoms with van der Waals surface area (Å²) in [5, 5.41) is 15.0. The Bertz CT molecular complexity index is 499.